The normalized spacial score (nSPS) is 11.3. The molecule has 0 aliphatic carbocycles. The number of para-hydroxylation sites is 2. The van der Waals surface area contributed by atoms with Crippen LogP contribution in [0.25, 0.3) is 49.7 Å². The molecule has 0 spiro atoms. The van der Waals surface area contributed by atoms with Gasteiger partial charge in [0, 0.05) is 33.5 Å². The number of hydrogen-bond donors (Lipinski definition) is 0. The quantitative estimate of drug-likeness (QED) is 0.266. The highest BCUT2D eigenvalue weighted by molar-refractivity contribution is 6.09. The van der Waals surface area contributed by atoms with Gasteiger partial charge in [-0.15, -0.1) is 0 Å². The second-order valence-electron chi connectivity index (χ2n) is 8.20. The predicted octanol–water partition coefficient (Wildman–Crippen LogP) is 8.16. The van der Waals surface area contributed by atoms with E-state index in [-0.39, 0.29) is 0 Å². The van der Waals surface area contributed by atoms with E-state index >= 15 is 0 Å². The molecule has 2 heterocycles. The third-order valence-corrected chi connectivity index (χ3v) is 6.05. The molecule has 6 rings (SSSR count). The van der Waals surface area contributed by atoms with Gasteiger partial charge in [0.2, 0.25) is 0 Å². The number of hydrogen-bond acceptors (Lipinski definition) is 3. The minimum absolute atomic E-state index is 0.607. The molecule has 0 aliphatic heterocycles. The van der Waals surface area contributed by atoms with Crippen LogP contribution in [-0.2, 0) is 0 Å². The van der Waals surface area contributed by atoms with Crippen molar-refractivity contribution in [2.45, 2.75) is 6.92 Å². The number of benzene rings is 4. The summed E-state index contributed by atoms with van der Waals surface area (Å²) in [6, 6.07) is 30.6. The SMILES string of the molecule is C=C(Oc1ccc(-c2cccc3c2oc2ccccc23)cc1C)c1ccc2ncccc2c1. The minimum Gasteiger partial charge on any atom is -0.457 e. The number of rotatable bonds is 4. The molecule has 0 bridgehead atoms. The highest BCUT2D eigenvalue weighted by atomic mass is 16.5. The van der Waals surface area contributed by atoms with E-state index in [2.05, 4.69) is 61.0 Å². The van der Waals surface area contributed by atoms with Crippen molar-refractivity contribution in [1.82, 2.24) is 4.98 Å². The molecule has 3 nitrogen and oxygen atoms in total. The standard InChI is InChI=1S/C30H21NO2/c1-19-17-22(24-9-5-10-26-25-8-3-4-11-29(25)33-30(24)26)13-15-28(19)32-20(2)21-12-14-27-23(18-21)7-6-16-31-27/h3-18H,2H2,1H3. The zero-order valence-electron chi connectivity index (χ0n) is 18.2. The fraction of sp³-hybridized carbons (Fsp3) is 0.0333. The smallest absolute Gasteiger partial charge is 0.143 e. The molecule has 6 aromatic rings. The van der Waals surface area contributed by atoms with Gasteiger partial charge in [0.1, 0.15) is 22.7 Å². The van der Waals surface area contributed by atoms with Gasteiger partial charge < -0.3 is 9.15 Å². The molecule has 3 heteroatoms. The van der Waals surface area contributed by atoms with Crippen LogP contribution in [0.15, 0.2) is 108 Å². The molecular formula is C30H21NO2. The monoisotopic (exact) mass is 427 g/mol. The molecule has 0 saturated carbocycles. The number of nitrogens with zero attached hydrogens (tertiary/aromatic N) is 1. The summed E-state index contributed by atoms with van der Waals surface area (Å²) in [6.07, 6.45) is 1.80. The summed E-state index contributed by atoms with van der Waals surface area (Å²) >= 11 is 0. The van der Waals surface area contributed by atoms with Gasteiger partial charge in [0.15, 0.2) is 0 Å². The average molecular weight is 428 g/mol. The molecule has 0 N–H and O–H groups in total. The van der Waals surface area contributed by atoms with Gasteiger partial charge >= 0.3 is 0 Å². The van der Waals surface area contributed by atoms with Crippen molar-refractivity contribution >= 4 is 38.6 Å². The summed E-state index contributed by atoms with van der Waals surface area (Å²) in [6.45, 7) is 6.21. The first-order valence-electron chi connectivity index (χ1n) is 10.9. The van der Waals surface area contributed by atoms with Crippen LogP contribution >= 0.6 is 0 Å². The topological polar surface area (TPSA) is 35.3 Å². The molecule has 0 saturated heterocycles. The summed E-state index contributed by atoms with van der Waals surface area (Å²) in [4.78, 5) is 4.38. The molecule has 0 atom stereocenters. The summed E-state index contributed by atoms with van der Waals surface area (Å²) in [7, 11) is 0. The van der Waals surface area contributed by atoms with E-state index in [1.54, 1.807) is 6.20 Å². The van der Waals surface area contributed by atoms with Crippen LogP contribution in [0.3, 0.4) is 0 Å². The number of aryl methyl sites for hydroxylation is 1. The second kappa shape index (κ2) is 7.64. The van der Waals surface area contributed by atoms with Gasteiger partial charge in [-0.3, -0.25) is 4.98 Å². The Hall–Kier alpha value is -4.37. The number of furan rings is 1. The highest BCUT2D eigenvalue weighted by Gasteiger charge is 2.13. The van der Waals surface area contributed by atoms with Crippen molar-refractivity contribution in [3.05, 3.63) is 115 Å². The van der Waals surface area contributed by atoms with Crippen LogP contribution in [0.2, 0.25) is 0 Å². The van der Waals surface area contributed by atoms with Crippen LogP contribution < -0.4 is 4.74 Å². The lowest BCUT2D eigenvalue weighted by molar-refractivity contribution is 0.512. The van der Waals surface area contributed by atoms with E-state index in [9.17, 15) is 0 Å². The van der Waals surface area contributed by atoms with Gasteiger partial charge in [0.25, 0.3) is 0 Å². The third kappa shape index (κ3) is 3.35. The van der Waals surface area contributed by atoms with Crippen molar-refractivity contribution in [1.29, 1.82) is 0 Å². The summed E-state index contributed by atoms with van der Waals surface area (Å²) in [5.74, 6) is 1.39. The fourth-order valence-electron chi connectivity index (χ4n) is 4.35. The van der Waals surface area contributed by atoms with Gasteiger partial charge in [-0.1, -0.05) is 55.1 Å². The van der Waals surface area contributed by atoms with Crippen LogP contribution in [0.4, 0.5) is 0 Å². The zero-order chi connectivity index (χ0) is 22.4. The van der Waals surface area contributed by atoms with Gasteiger partial charge in [-0.05, 0) is 60.5 Å². The number of aromatic nitrogens is 1. The minimum atomic E-state index is 0.607. The third-order valence-electron chi connectivity index (χ3n) is 6.05. The maximum absolute atomic E-state index is 6.22. The fourth-order valence-corrected chi connectivity index (χ4v) is 4.35. The van der Waals surface area contributed by atoms with Gasteiger partial charge in [-0.25, -0.2) is 0 Å². The molecule has 0 amide bonds. The predicted molar refractivity (Wildman–Crippen MR) is 135 cm³/mol. The Morgan fingerprint density at radius 3 is 2.64 bits per heavy atom. The van der Waals surface area contributed by atoms with Gasteiger partial charge in [-0.2, -0.15) is 0 Å². The molecule has 0 radical (unpaired) electrons. The Labute approximate surface area is 191 Å². The first-order valence-corrected chi connectivity index (χ1v) is 10.9. The van der Waals surface area contributed by atoms with Crippen LogP contribution in [0, 0.1) is 6.92 Å². The maximum atomic E-state index is 6.22. The van der Waals surface area contributed by atoms with E-state index in [4.69, 9.17) is 9.15 Å². The Morgan fingerprint density at radius 1 is 0.848 bits per heavy atom. The lowest BCUT2D eigenvalue weighted by atomic mass is 10.0. The van der Waals surface area contributed by atoms with Crippen molar-refractivity contribution in [3.8, 4) is 16.9 Å². The first-order chi connectivity index (χ1) is 16.2. The molecular weight excluding hydrogens is 406 g/mol. The Morgan fingerprint density at radius 2 is 1.73 bits per heavy atom. The molecule has 158 valence electrons. The zero-order valence-corrected chi connectivity index (χ0v) is 18.2. The number of pyridine rings is 1. The lowest BCUT2D eigenvalue weighted by Gasteiger charge is -2.13. The van der Waals surface area contributed by atoms with Crippen LogP contribution in [-0.4, -0.2) is 4.98 Å². The highest BCUT2D eigenvalue weighted by Crippen LogP contribution is 2.37. The molecule has 0 aliphatic rings. The van der Waals surface area contributed by atoms with Crippen LogP contribution in [0.5, 0.6) is 5.75 Å². The molecule has 2 aromatic heterocycles. The second-order valence-corrected chi connectivity index (χ2v) is 8.20. The van der Waals surface area contributed by atoms with E-state index < -0.39 is 0 Å². The van der Waals surface area contributed by atoms with Crippen molar-refractivity contribution in [2.75, 3.05) is 0 Å². The van der Waals surface area contributed by atoms with Crippen molar-refractivity contribution in [3.63, 3.8) is 0 Å². The molecule has 0 unspecified atom stereocenters. The maximum Gasteiger partial charge on any atom is 0.143 e. The lowest BCUT2D eigenvalue weighted by Crippen LogP contribution is -1.96. The van der Waals surface area contributed by atoms with E-state index in [1.165, 1.54) is 0 Å². The Kier molecular flexibility index (Phi) is 4.48. The van der Waals surface area contributed by atoms with E-state index in [0.29, 0.717) is 5.76 Å². The van der Waals surface area contributed by atoms with Crippen molar-refractivity contribution in [2.24, 2.45) is 0 Å². The Bertz CT molecular complexity index is 1680. The average Bonchev–Trinajstić information content (AvgIpc) is 3.24. The summed E-state index contributed by atoms with van der Waals surface area (Å²) in [5, 5.41) is 3.32. The van der Waals surface area contributed by atoms with Crippen LogP contribution in [0.1, 0.15) is 11.1 Å². The molecule has 0 fully saturated rings. The van der Waals surface area contributed by atoms with E-state index in [0.717, 1.165) is 60.8 Å². The van der Waals surface area contributed by atoms with Crippen molar-refractivity contribution < 1.29 is 9.15 Å². The number of fused-ring (bicyclic) bond motifs is 4. The van der Waals surface area contributed by atoms with Gasteiger partial charge in [0.05, 0.1) is 5.52 Å². The van der Waals surface area contributed by atoms with E-state index in [1.807, 2.05) is 48.5 Å². The largest absolute Gasteiger partial charge is 0.457 e. The molecule has 33 heavy (non-hydrogen) atoms. The molecule has 4 aromatic carbocycles. The first kappa shape index (κ1) is 19.3. The number of ether oxygens (including phenoxy) is 1. The summed E-state index contributed by atoms with van der Waals surface area (Å²) in [5.41, 5.74) is 6.88. The summed E-state index contributed by atoms with van der Waals surface area (Å²) < 4.78 is 12.4. The Balaban J connectivity index is 1.34.